The lowest BCUT2D eigenvalue weighted by molar-refractivity contribution is -0.170. The summed E-state index contributed by atoms with van der Waals surface area (Å²) in [6.45, 7) is 6.27. The van der Waals surface area contributed by atoms with Crippen LogP contribution in [0, 0.1) is 5.41 Å². The Morgan fingerprint density at radius 2 is 1.52 bits per heavy atom. The third-order valence-electron chi connectivity index (χ3n) is 5.43. The molecule has 1 saturated heterocycles. The van der Waals surface area contributed by atoms with E-state index in [0.29, 0.717) is 32.4 Å². The van der Waals surface area contributed by atoms with E-state index in [9.17, 15) is 14.7 Å². The van der Waals surface area contributed by atoms with E-state index in [4.69, 9.17) is 4.74 Å². The van der Waals surface area contributed by atoms with Crippen molar-refractivity contribution in [2.45, 2.75) is 45.6 Å². The van der Waals surface area contributed by atoms with Crippen molar-refractivity contribution in [2.75, 3.05) is 13.1 Å². The van der Waals surface area contributed by atoms with Crippen LogP contribution in [0.3, 0.4) is 0 Å². The second-order valence-electron chi connectivity index (χ2n) is 8.79. The molecule has 0 spiro atoms. The normalized spacial score (nSPS) is 16.3. The molecular weight excluding hydrogens is 366 g/mol. The van der Waals surface area contributed by atoms with Crippen LogP contribution in [0.15, 0.2) is 54.6 Å². The highest BCUT2D eigenvalue weighted by Gasteiger charge is 2.44. The van der Waals surface area contributed by atoms with Gasteiger partial charge in [-0.2, -0.15) is 0 Å². The quantitative estimate of drug-likeness (QED) is 0.740. The summed E-state index contributed by atoms with van der Waals surface area (Å²) in [5, 5.41) is 9.27. The molecule has 154 valence electrons. The summed E-state index contributed by atoms with van der Waals surface area (Å²) in [7, 11) is 0. The number of nitrogens with zero attached hydrogens (tertiary/aromatic N) is 1. The molecule has 0 unspecified atom stereocenters. The summed E-state index contributed by atoms with van der Waals surface area (Å²) in [5.41, 5.74) is 2.05. The molecule has 29 heavy (non-hydrogen) atoms. The molecule has 1 amide bonds. The lowest BCUT2D eigenvalue weighted by Gasteiger charge is -2.40. The molecule has 1 N–H and O–H groups in total. The summed E-state index contributed by atoms with van der Waals surface area (Å²) in [4.78, 5) is 25.8. The van der Waals surface area contributed by atoms with Crippen molar-refractivity contribution in [3.05, 3.63) is 60.2 Å². The molecule has 1 heterocycles. The minimum Gasteiger partial charge on any atom is -0.465 e. The van der Waals surface area contributed by atoms with Crippen LogP contribution in [0.5, 0.6) is 0 Å². The summed E-state index contributed by atoms with van der Waals surface area (Å²) < 4.78 is 5.74. The van der Waals surface area contributed by atoms with Crippen molar-refractivity contribution < 1.29 is 19.4 Å². The first-order valence-corrected chi connectivity index (χ1v) is 10.0. The van der Waals surface area contributed by atoms with Crippen molar-refractivity contribution in [3.63, 3.8) is 0 Å². The minimum atomic E-state index is -0.935. The number of ether oxygens (including phenoxy) is 1. The molecule has 1 aliphatic rings. The molecule has 2 aromatic carbocycles. The Labute approximate surface area is 172 Å². The summed E-state index contributed by atoms with van der Waals surface area (Å²) >= 11 is 0. The van der Waals surface area contributed by atoms with Crippen LogP contribution >= 0.6 is 0 Å². The van der Waals surface area contributed by atoms with E-state index in [0.717, 1.165) is 16.7 Å². The molecule has 1 aliphatic heterocycles. The van der Waals surface area contributed by atoms with Crippen LogP contribution in [-0.2, 0) is 16.0 Å². The third kappa shape index (κ3) is 5.17. The Kier molecular flexibility index (Phi) is 5.96. The molecular formula is C24H29NO4. The number of piperidine rings is 1. The van der Waals surface area contributed by atoms with Gasteiger partial charge < -0.3 is 14.7 Å². The van der Waals surface area contributed by atoms with E-state index in [2.05, 4.69) is 36.4 Å². The maximum Gasteiger partial charge on any atom is 0.407 e. The Morgan fingerprint density at radius 1 is 0.966 bits per heavy atom. The van der Waals surface area contributed by atoms with Crippen LogP contribution in [0.2, 0.25) is 0 Å². The molecule has 0 aliphatic carbocycles. The number of benzene rings is 2. The zero-order valence-electron chi connectivity index (χ0n) is 17.4. The second-order valence-corrected chi connectivity index (χ2v) is 8.79. The number of rotatable bonds is 4. The number of likely N-dealkylation sites (tertiary alicyclic amines) is 1. The first kappa shape index (κ1) is 20.9. The van der Waals surface area contributed by atoms with Gasteiger partial charge in [0.25, 0.3) is 0 Å². The van der Waals surface area contributed by atoms with E-state index >= 15 is 0 Å². The molecule has 0 bridgehead atoms. The van der Waals surface area contributed by atoms with Crippen molar-refractivity contribution >= 4 is 12.1 Å². The topological polar surface area (TPSA) is 66.8 Å². The van der Waals surface area contributed by atoms with Crippen LogP contribution < -0.4 is 0 Å². The number of carbonyl (C=O) groups is 2. The fourth-order valence-electron chi connectivity index (χ4n) is 3.80. The van der Waals surface area contributed by atoms with Crippen LogP contribution in [-0.4, -0.2) is 40.8 Å². The van der Waals surface area contributed by atoms with Crippen LogP contribution in [0.4, 0.5) is 4.79 Å². The summed E-state index contributed by atoms with van der Waals surface area (Å²) in [6.07, 6.45) is 0.545. The molecule has 0 aromatic heterocycles. The van der Waals surface area contributed by atoms with E-state index in [1.54, 1.807) is 0 Å². The van der Waals surface area contributed by atoms with Gasteiger partial charge in [0.1, 0.15) is 5.60 Å². The number of esters is 1. The van der Waals surface area contributed by atoms with Crippen molar-refractivity contribution in [1.82, 2.24) is 4.90 Å². The number of carbonyl (C=O) groups excluding carboxylic acids is 1. The van der Waals surface area contributed by atoms with Crippen LogP contribution in [0.25, 0.3) is 11.1 Å². The highest BCUT2D eigenvalue weighted by molar-refractivity contribution is 5.78. The van der Waals surface area contributed by atoms with Crippen molar-refractivity contribution in [3.8, 4) is 11.1 Å². The highest BCUT2D eigenvalue weighted by atomic mass is 16.6. The van der Waals surface area contributed by atoms with Gasteiger partial charge in [-0.05, 0) is 56.7 Å². The zero-order chi connectivity index (χ0) is 21.1. The molecule has 0 saturated carbocycles. The largest absolute Gasteiger partial charge is 0.465 e. The van der Waals surface area contributed by atoms with Gasteiger partial charge in [0.2, 0.25) is 0 Å². The van der Waals surface area contributed by atoms with Crippen LogP contribution in [0.1, 0.15) is 39.2 Å². The fourth-order valence-corrected chi connectivity index (χ4v) is 3.80. The maximum absolute atomic E-state index is 13.1. The van der Waals surface area contributed by atoms with E-state index in [1.807, 2.05) is 39.0 Å². The van der Waals surface area contributed by atoms with Gasteiger partial charge in [-0.3, -0.25) is 4.79 Å². The Hall–Kier alpha value is -2.82. The van der Waals surface area contributed by atoms with Gasteiger partial charge in [-0.25, -0.2) is 4.79 Å². The third-order valence-corrected chi connectivity index (χ3v) is 5.43. The summed E-state index contributed by atoms with van der Waals surface area (Å²) in [6, 6.07) is 18.4. The second kappa shape index (κ2) is 8.27. The summed E-state index contributed by atoms with van der Waals surface area (Å²) in [5.74, 6) is -0.234. The van der Waals surface area contributed by atoms with Gasteiger partial charge in [-0.1, -0.05) is 54.6 Å². The maximum atomic E-state index is 13.1. The lowest BCUT2D eigenvalue weighted by Crippen LogP contribution is -2.49. The van der Waals surface area contributed by atoms with Gasteiger partial charge in [-0.15, -0.1) is 0 Å². The predicted molar refractivity (Wildman–Crippen MR) is 113 cm³/mol. The molecule has 3 rings (SSSR count). The number of carboxylic acid groups (broad SMARTS) is 1. The highest BCUT2D eigenvalue weighted by Crippen LogP contribution is 2.38. The molecule has 1 fully saturated rings. The molecule has 5 heteroatoms. The van der Waals surface area contributed by atoms with Gasteiger partial charge in [0.05, 0.1) is 5.41 Å². The fraction of sp³-hybridized carbons (Fsp3) is 0.417. The lowest BCUT2D eigenvalue weighted by atomic mass is 9.73. The first-order valence-electron chi connectivity index (χ1n) is 10.0. The average Bonchev–Trinajstić information content (AvgIpc) is 2.68. The predicted octanol–water partition coefficient (Wildman–Crippen LogP) is 5.00. The smallest absolute Gasteiger partial charge is 0.407 e. The molecule has 0 atom stereocenters. The number of amides is 1. The van der Waals surface area contributed by atoms with Gasteiger partial charge in [0.15, 0.2) is 0 Å². The Bertz CT molecular complexity index is 845. The average molecular weight is 395 g/mol. The van der Waals surface area contributed by atoms with Crippen molar-refractivity contribution in [1.29, 1.82) is 0 Å². The van der Waals surface area contributed by atoms with Gasteiger partial charge in [0, 0.05) is 13.1 Å². The van der Waals surface area contributed by atoms with E-state index in [-0.39, 0.29) is 5.97 Å². The van der Waals surface area contributed by atoms with E-state index < -0.39 is 17.1 Å². The van der Waals surface area contributed by atoms with E-state index in [1.165, 1.54) is 4.90 Å². The Morgan fingerprint density at radius 3 is 2.03 bits per heavy atom. The standard InChI is InChI=1S/C24H29NO4/c1-23(2,3)29-21(26)24(13-15-25(16-14-24)22(27)28)17-18-9-11-20(12-10-18)19-7-5-4-6-8-19/h4-12H,13-17H2,1-3H3,(H,27,28). The first-order chi connectivity index (χ1) is 13.7. The SMILES string of the molecule is CC(C)(C)OC(=O)C1(Cc2ccc(-c3ccccc3)cc2)CCN(C(=O)O)CC1. The van der Waals surface area contributed by atoms with Gasteiger partial charge >= 0.3 is 12.1 Å². The minimum absolute atomic E-state index is 0.234. The molecule has 5 nitrogen and oxygen atoms in total. The monoisotopic (exact) mass is 395 g/mol. The molecule has 2 aromatic rings. The Balaban J connectivity index is 1.81. The zero-order valence-corrected chi connectivity index (χ0v) is 17.4. The van der Waals surface area contributed by atoms with Crippen molar-refractivity contribution in [2.24, 2.45) is 5.41 Å². The molecule has 0 radical (unpaired) electrons. The number of hydrogen-bond donors (Lipinski definition) is 1. The number of hydrogen-bond acceptors (Lipinski definition) is 3.